The van der Waals surface area contributed by atoms with E-state index in [2.05, 4.69) is 34.0 Å². The van der Waals surface area contributed by atoms with Crippen LogP contribution in [0.15, 0.2) is 4.52 Å². The maximum Gasteiger partial charge on any atom is 0.236 e. The summed E-state index contributed by atoms with van der Waals surface area (Å²) in [6.07, 6.45) is 0.802. The van der Waals surface area contributed by atoms with Crippen molar-refractivity contribution >= 4 is 0 Å². The Hall–Kier alpha value is -1.02. The van der Waals surface area contributed by atoms with Gasteiger partial charge < -0.3 is 24.8 Å². The monoisotopic (exact) mass is 295 g/mol. The summed E-state index contributed by atoms with van der Waals surface area (Å²) >= 11 is 0. The second kappa shape index (κ2) is 5.64. The molecule has 3 heterocycles. The number of hydrogen-bond donors (Lipinski definition) is 1. The van der Waals surface area contributed by atoms with Gasteiger partial charge >= 0.3 is 0 Å². The molecule has 118 valence electrons. The van der Waals surface area contributed by atoms with Crippen molar-refractivity contribution in [3.8, 4) is 0 Å². The summed E-state index contributed by atoms with van der Waals surface area (Å²) in [6.45, 7) is 6.33. The van der Waals surface area contributed by atoms with Crippen molar-refractivity contribution in [2.45, 2.75) is 30.8 Å². The van der Waals surface area contributed by atoms with Gasteiger partial charge in [-0.2, -0.15) is 4.98 Å². The van der Waals surface area contributed by atoms with Gasteiger partial charge in [0.2, 0.25) is 5.89 Å². The number of nitrogens with two attached hydrogens (primary N) is 1. The Morgan fingerprint density at radius 1 is 1.38 bits per heavy atom. The molecule has 2 N–H and O–H groups in total. The molecule has 2 aliphatic heterocycles. The van der Waals surface area contributed by atoms with E-state index < -0.39 is 0 Å². The molecule has 1 aromatic heterocycles. The largest absolute Gasteiger partial charge is 0.379 e. The average Bonchev–Trinajstić information content (AvgIpc) is 3.03. The van der Waals surface area contributed by atoms with Crippen molar-refractivity contribution in [3.05, 3.63) is 11.7 Å². The minimum absolute atomic E-state index is 0.0886. The van der Waals surface area contributed by atoms with Crippen LogP contribution in [0.2, 0.25) is 0 Å². The number of rotatable bonds is 3. The van der Waals surface area contributed by atoms with Crippen LogP contribution < -0.4 is 5.73 Å². The van der Waals surface area contributed by atoms with E-state index in [-0.39, 0.29) is 11.5 Å². The lowest BCUT2D eigenvalue weighted by Crippen LogP contribution is -2.50. The maximum absolute atomic E-state index is 6.11. The van der Waals surface area contributed by atoms with Crippen LogP contribution in [0.1, 0.15) is 18.6 Å². The van der Waals surface area contributed by atoms with E-state index in [1.807, 2.05) is 6.92 Å². The van der Waals surface area contributed by atoms with Crippen LogP contribution in [0, 0.1) is 0 Å². The van der Waals surface area contributed by atoms with Gasteiger partial charge in [-0.1, -0.05) is 5.16 Å². The molecule has 3 atom stereocenters. The topological polar surface area (TPSA) is 80.7 Å². The molecule has 0 radical (unpaired) electrons. The third-order valence-electron chi connectivity index (χ3n) is 4.87. The van der Waals surface area contributed by atoms with Crippen molar-refractivity contribution in [2.75, 3.05) is 46.9 Å². The van der Waals surface area contributed by atoms with E-state index in [9.17, 15) is 0 Å². The molecule has 1 aromatic rings. The van der Waals surface area contributed by atoms with Crippen molar-refractivity contribution in [1.82, 2.24) is 19.9 Å². The zero-order valence-electron chi connectivity index (χ0n) is 13.1. The van der Waals surface area contributed by atoms with E-state index in [0.29, 0.717) is 25.1 Å². The highest BCUT2D eigenvalue weighted by Gasteiger charge is 2.44. The highest BCUT2D eigenvalue weighted by molar-refractivity contribution is 5.12. The molecule has 7 nitrogen and oxygen atoms in total. The number of piperazine rings is 1. The summed E-state index contributed by atoms with van der Waals surface area (Å²) in [5.41, 5.74) is 5.75. The Bertz CT molecular complexity index is 493. The number of nitrogens with zero attached hydrogens (tertiary/aromatic N) is 4. The summed E-state index contributed by atoms with van der Waals surface area (Å²) in [5, 5.41) is 4.15. The van der Waals surface area contributed by atoms with Crippen molar-refractivity contribution in [2.24, 2.45) is 5.73 Å². The highest BCUT2D eigenvalue weighted by Crippen LogP contribution is 2.30. The smallest absolute Gasteiger partial charge is 0.236 e. The second-order valence-electron chi connectivity index (χ2n) is 6.66. The lowest BCUT2D eigenvalue weighted by atomic mass is 9.86. The van der Waals surface area contributed by atoms with Gasteiger partial charge in [0.25, 0.3) is 0 Å². The molecule has 7 heteroatoms. The van der Waals surface area contributed by atoms with Crippen molar-refractivity contribution in [1.29, 1.82) is 0 Å². The van der Waals surface area contributed by atoms with Crippen LogP contribution in [0.3, 0.4) is 0 Å². The molecule has 2 fully saturated rings. The predicted octanol–water partition coefficient (Wildman–Crippen LogP) is -0.527. The van der Waals surface area contributed by atoms with Gasteiger partial charge in [0, 0.05) is 38.1 Å². The molecule has 0 amide bonds. The van der Waals surface area contributed by atoms with Crippen LogP contribution in [0.5, 0.6) is 0 Å². The van der Waals surface area contributed by atoms with E-state index in [1.165, 1.54) is 0 Å². The lowest BCUT2D eigenvalue weighted by molar-refractivity contribution is 0.113. The van der Waals surface area contributed by atoms with Crippen LogP contribution in [-0.4, -0.2) is 79.0 Å². The van der Waals surface area contributed by atoms with Crippen molar-refractivity contribution in [3.63, 3.8) is 0 Å². The van der Waals surface area contributed by atoms with E-state index in [0.717, 1.165) is 31.9 Å². The normalized spacial score (nSPS) is 35.4. The Balaban J connectivity index is 1.70. The minimum Gasteiger partial charge on any atom is -0.379 e. The summed E-state index contributed by atoms with van der Waals surface area (Å²) in [5.74, 6) is 1.37. The SMILES string of the molecule is CN1CCN(C)C(Cc2noc(C3(C)COCC3N)n2)C1. The summed E-state index contributed by atoms with van der Waals surface area (Å²) in [7, 11) is 4.30. The Labute approximate surface area is 125 Å². The van der Waals surface area contributed by atoms with Crippen LogP contribution in [0.25, 0.3) is 0 Å². The fraction of sp³-hybridized carbons (Fsp3) is 0.857. The molecular formula is C14H25N5O2. The average molecular weight is 295 g/mol. The minimum atomic E-state index is -0.361. The Morgan fingerprint density at radius 2 is 2.19 bits per heavy atom. The van der Waals surface area contributed by atoms with Gasteiger partial charge in [-0.25, -0.2) is 0 Å². The summed E-state index contributed by atoms with van der Waals surface area (Å²) in [4.78, 5) is 9.29. The maximum atomic E-state index is 6.11. The predicted molar refractivity (Wildman–Crippen MR) is 78.1 cm³/mol. The zero-order valence-corrected chi connectivity index (χ0v) is 13.1. The third-order valence-corrected chi connectivity index (χ3v) is 4.87. The molecule has 3 rings (SSSR count). The summed E-state index contributed by atoms with van der Waals surface area (Å²) in [6, 6.07) is 0.338. The fourth-order valence-corrected chi connectivity index (χ4v) is 3.01. The lowest BCUT2D eigenvalue weighted by Gasteiger charge is -2.37. The number of likely N-dealkylation sites (N-methyl/N-ethyl adjacent to an activating group) is 2. The van der Waals surface area contributed by atoms with Gasteiger partial charge in [0.15, 0.2) is 5.82 Å². The van der Waals surface area contributed by atoms with Gasteiger partial charge in [-0.3, -0.25) is 0 Å². The van der Waals surface area contributed by atoms with Crippen molar-refractivity contribution < 1.29 is 9.26 Å². The van der Waals surface area contributed by atoms with Crippen LogP contribution in [0.4, 0.5) is 0 Å². The first kappa shape index (κ1) is 14.9. The van der Waals surface area contributed by atoms with Gasteiger partial charge in [0.1, 0.15) is 0 Å². The molecule has 2 aliphatic rings. The quantitative estimate of drug-likeness (QED) is 0.803. The second-order valence-corrected chi connectivity index (χ2v) is 6.66. The van der Waals surface area contributed by atoms with E-state index >= 15 is 0 Å². The third kappa shape index (κ3) is 2.83. The Morgan fingerprint density at radius 3 is 2.90 bits per heavy atom. The van der Waals surface area contributed by atoms with Crippen LogP contribution in [-0.2, 0) is 16.6 Å². The first-order valence-corrected chi connectivity index (χ1v) is 7.54. The highest BCUT2D eigenvalue weighted by atomic mass is 16.5. The van der Waals surface area contributed by atoms with E-state index in [4.69, 9.17) is 15.0 Å². The molecule has 0 saturated carbocycles. The summed E-state index contributed by atoms with van der Waals surface area (Å²) < 4.78 is 10.9. The van der Waals surface area contributed by atoms with Gasteiger partial charge in [-0.05, 0) is 21.0 Å². The number of aromatic nitrogens is 2. The first-order valence-electron chi connectivity index (χ1n) is 7.54. The van der Waals surface area contributed by atoms with Gasteiger partial charge in [0.05, 0.1) is 18.6 Å². The molecule has 0 spiro atoms. The molecular weight excluding hydrogens is 270 g/mol. The molecule has 0 aromatic carbocycles. The van der Waals surface area contributed by atoms with Crippen LogP contribution >= 0.6 is 0 Å². The molecule has 0 bridgehead atoms. The van der Waals surface area contributed by atoms with E-state index in [1.54, 1.807) is 0 Å². The molecule has 21 heavy (non-hydrogen) atoms. The standard InChI is InChI=1S/C14H25N5O2/c1-14(9-20-8-11(14)15)13-16-12(17-21-13)6-10-7-18(2)4-5-19(10)3/h10-11H,4-9,15H2,1-3H3. The Kier molecular flexibility index (Phi) is 4.00. The molecule has 2 saturated heterocycles. The molecule has 3 unspecified atom stereocenters. The zero-order chi connectivity index (χ0) is 15.0. The first-order chi connectivity index (χ1) is 9.99. The number of hydrogen-bond acceptors (Lipinski definition) is 7. The fourth-order valence-electron chi connectivity index (χ4n) is 3.01. The van der Waals surface area contributed by atoms with Gasteiger partial charge in [-0.15, -0.1) is 0 Å². The number of ether oxygens (including phenoxy) is 1. The molecule has 0 aliphatic carbocycles.